The molecule has 2 amide bonds. The van der Waals surface area contributed by atoms with Crippen LogP contribution in [0.5, 0.6) is 0 Å². The van der Waals surface area contributed by atoms with Gasteiger partial charge in [0.25, 0.3) is 0 Å². The highest BCUT2D eigenvalue weighted by Gasteiger charge is 2.40. The van der Waals surface area contributed by atoms with Crippen LogP contribution in [-0.4, -0.2) is 59.0 Å². The van der Waals surface area contributed by atoms with Crippen molar-refractivity contribution in [1.29, 1.82) is 0 Å². The summed E-state index contributed by atoms with van der Waals surface area (Å²) < 4.78 is 36.9. The molecule has 1 atom stereocenters. The molecule has 23 heavy (non-hydrogen) atoms. The maximum atomic E-state index is 12.3. The predicted molar refractivity (Wildman–Crippen MR) is 74.3 cm³/mol. The number of hydrogen-bond donors (Lipinski definition) is 2. The van der Waals surface area contributed by atoms with Crippen LogP contribution in [-0.2, 0) is 9.59 Å². The first kappa shape index (κ1) is 17.0. The minimum absolute atomic E-state index is 0.197. The van der Waals surface area contributed by atoms with Gasteiger partial charge in [-0.15, -0.1) is 0 Å². The van der Waals surface area contributed by atoms with E-state index in [0.29, 0.717) is 17.4 Å². The smallest absolute Gasteiger partial charge is 0.354 e. The summed E-state index contributed by atoms with van der Waals surface area (Å²) in [7, 11) is 0. The predicted octanol–water partition coefficient (Wildman–Crippen LogP) is 0.415. The van der Waals surface area contributed by atoms with Crippen molar-refractivity contribution >= 4 is 17.8 Å². The molecule has 10 heteroatoms. The molecule has 1 saturated heterocycles. The van der Waals surface area contributed by atoms with Gasteiger partial charge in [0.15, 0.2) is 0 Å². The first-order chi connectivity index (χ1) is 10.8. The average molecular weight is 331 g/mol. The van der Waals surface area contributed by atoms with E-state index in [1.165, 1.54) is 0 Å². The molecular formula is C13H16F3N5O2. The molecule has 1 fully saturated rings. The summed E-state index contributed by atoms with van der Waals surface area (Å²) in [4.78, 5) is 31.9. The van der Waals surface area contributed by atoms with Crippen molar-refractivity contribution in [2.75, 3.05) is 31.5 Å². The Bertz CT molecular complexity index is 552. The van der Waals surface area contributed by atoms with Crippen molar-refractivity contribution in [2.24, 2.45) is 5.92 Å². The zero-order valence-electron chi connectivity index (χ0n) is 12.1. The van der Waals surface area contributed by atoms with Crippen LogP contribution < -0.4 is 10.6 Å². The number of rotatable bonds is 6. The summed E-state index contributed by atoms with van der Waals surface area (Å²) in [5.41, 5.74) is 0. The Kier molecular flexibility index (Phi) is 5.35. The lowest BCUT2D eigenvalue weighted by Gasteiger charge is -2.18. The highest BCUT2D eigenvalue weighted by molar-refractivity contribution is 5.89. The van der Waals surface area contributed by atoms with Gasteiger partial charge >= 0.3 is 6.18 Å². The second kappa shape index (κ2) is 7.25. The maximum absolute atomic E-state index is 12.3. The second-order valence-electron chi connectivity index (χ2n) is 5.08. The monoisotopic (exact) mass is 331 g/mol. The van der Waals surface area contributed by atoms with Gasteiger partial charge in [0.05, 0.1) is 5.92 Å². The van der Waals surface area contributed by atoms with Gasteiger partial charge in [-0.3, -0.25) is 9.59 Å². The van der Waals surface area contributed by atoms with E-state index in [-0.39, 0.29) is 19.5 Å². The third kappa shape index (κ3) is 5.38. The van der Waals surface area contributed by atoms with E-state index in [9.17, 15) is 22.8 Å². The fraction of sp³-hybridized carbons (Fsp3) is 0.538. The molecule has 2 N–H and O–H groups in total. The summed E-state index contributed by atoms with van der Waals surface area (Å²) in [6.07, 6.45) is -1.53. The number of halogens is 3. The zero-order valence-corrected chi connectivity index (χ0v) is 12.1. The molecule has 1 aliphatic rings. The molecule has 126 valence electrons. The fourth-order valence-electron chi connectivity index (χ4n) is 2.21. The minimum Gasteiger partial charge on any atom is -0.354 e. The first-order valence-electron chi connectivity index (χ1n) is 6.98. The lowest BCUT2D eigenvalue weighted by atomic mass is 10.1. The Hall–Kier alpha value is -2.39. The van der Waals surface area contributed by atoms with Crippen LogP contribution in [0.2, 0.25) is 0 Å². The van der Waals surface area contributed by atoms with E-state index < -0.39 is 30.5 Å². The van der Waals surface area contributed by atoms with Gasteiger partial charge in [0.1, 0.15) is 6.54 Å². The number of carbonyl (C=O) groups is 2. The van der Waals surface area contributed by atoms with Gasteiger partial charge in [0, 0.05) is 38.4 Å². The number of carbonyl (C=O) groups excluding carboxylic acids is 2. The number of amides is 2. The van der Waals surface area contributed by atoms with Gasteiger partial charge < -0.3 is 15.5 Å². The van der Waals surface area contributed by atoms with E-state index in [4.69, 9.17) is 0 Å². The van der Waals surface area contributed by atoms with Crippen LogP contribution in [0, 0.1) is 5.92 Å². The maximum Gasteiger partial charge on any atom is 0.406 e. The van der Waals surface area contributed by atoms with E-state index in [2.05, 4.69) is 20.6 Å². The summed E-state index contributed by atoms with van der Waals surface area (Å²) in [6.45, 7) is -0.911. The topological polar surface area (TPSA) is 87.2 Å². The SMILES string of the molecule is O=C(NCCNc1ncccn1)[C@@H]1CC(=O)N(CC(F)(F)F)C1. The van der Waals surface area contributed by atoms with Crippen LogP contribution >= 0.6 is 0 Å². The zero-order chi connectivity index (χ0) is 16.9. The van der Waals surface area contributed by atoms with E-state index in [1.807, 2.05) is 0 Å². The van der Waals surface area contributed by atoms with Crippen LogP contribution in [0.1, 0.15) is 6.42 Å². The normalized spacial score (nSPS) is 18.1. The van der Waals surface area contributed by atoms with E-state index in [1.54, 1.807) is 18.5 Å². The number of nitrogens with one attached hydrogen (secondary N) is 2. The summed E-state index contributed by atoms with van der Waals surface area (Å²) in [5.74, 6) is -1.43. The Labute approximate surface area is 130 Å². The number of hydrogen-bond acceptors (Lipinski definition) is 5. The lowest BCUT2D eigenvalue weighted by Crippen LogP contribution is -2.38. The second-order valence-corrected chi connectivity index (χ2v) is 5.08. The van der Waals surface area contributed by atoms with Crippen molar-refractivity contribution in [1.82, 2.24) is 20.2 Å². The third-order valence-electron chi connectivity index (χ3n) is 3.23. The molecule has 1 aromatic heterocycles. The van der Waals surface area contributed by atoms with E-state index >= 15 is 0 Å². The van der Waals surface area contributed by atoms with Crippen LogP contribution in [0.4, 0.5) is 19.1 Å². The molecule has 2 rings (SSSR count). The molecule has 0 aromatic carbocycles. The van der Waals surface area contributed by atoms with Gasteiger partial charge in [-0.25, -0.2) is 9.97 Å². The summed E-state index contributed by atoms with van der Waals surface area (Å²) in [5, 5.41) is 5.46. The van der Waals surface area contributed by atoms with Gasteiger partial charge in [-0.2, -0.15) is 13.2 Å². The van der Waals surface area contributed by atoms with Crippen LogP contribution in [0.25, 0.3) is 0 Å². The highest BCUT2D eigenvalue weighted by Crippen LogP contribution is 2.23. The molecule has 0 aliphatic carbocycles. The molecule has 0 bridgehead atoms. The molecule has 1 aromatic rings. The van der Waals surface area contributed by atoms with Crippen molar-refractivity contribution in [3.05, 3.63) is 18.5 Å². The third-order valence-corrected chi connectivity index (χ3v) is 3.23. The quantitative estimate of drug-likeness (QED) is 0.738. The minimum atomic E-state index is -4.46. The molecule has 0 radical (unpaired) electrons. The molecule has 0 unspecified atom stereocenters. The van der Waals surface area contributed by atoms with Crippen molar-refractivity contribution in [3.63, 3.8) is 0 Å². The Balaban J connectivity index is 1.71. The van der Waals surface area contributed by atoms with Crippen molar-refractivity contribution in [2.45, 2.75) is 12.6 Å². The number of anilines is 1. The number of alkyl halides is 3. The molecule has 7 nitrogen and oxygen atoms in total. The molecule has 1 aliphatic heterocycles. The largest absolute Gasteiger partial charge is 0.406 e. The Morgan fingerprint density at radius 3 is 2.65 bits per heavy atom. The van der Waals surface area contributed by atoms with E-state index in [0.717, 1.165) is 0 Å². The standard InChI is InChI=1S/C13H16F3N5O2/c14-13(15,16)8-21-7-9(6-10(21)22)11(23)17-4-5-20-12-18-2-1-3-19-12/h1-3,9H,4-8H2,(H,17,23)(H,18,19,20)/t9-/m1/s1. The summed E-state index contributed by atoms with van der Waals surface area (Å²) >= 11 is 0. The number of likely N-dealkylation sites (tertiary alicyclic amines) is 1. The lowest BCUT2D eigenvalue weighted by molar-refractivity contribution is -0.157. The van der Waals surface area contributed by atoms with Gasteiger partial charge in [-0.05, 0) is 6.07 Å². The fourth-order valence-corrected chi connectivity index (χ4v) is 2.21. The van der Waals surface area contributed by atoms with Gasteiger partial charge in [0.2, 0.25) is 17.8 Å². The number of aromatic nitrogens is 2. The van der Waals surface area contributed by atoms with Crippen LogP contribution in [0.15, 0.2) is 18.5 Å². The van der Waals surface area contributed by atoms with Crippen LogP contribution in [0.3, 0.4) is 0 Å². The van der Waals surface area contributed by atoms with Crippen molar-refractivity contribution in [3.8, 4) is 0 Å². The van der Waals surface area contributed by atoms with Crippen molar-refractivity contribution < 1.29 is 22.8 Å². The Morgan fingerprint density at radius 1 is 1.30 bits per heavy atom. The number of nitrogens with zero attached hydrogens (tertiary/aromatic N) is 3. The Morgan fingerprint density at radius 2 is 2.00 bits per heavy atom. The average Bonchev–Trinajstić information content (AvgIpc) is 2.84. The first-order valence-corrected chi connectivity index (χ1v) is 6.98. The highest BCUT2D eigenvalue weighted by atomic mass is 19.4. The molecule has 2 heterocycles. The summed E-state index contributed by atoms with van der Waals surface area (Å²) in [6, 6.07) is 1.66. The molecule has 0 spiro atoms. The van der Waals surface area contributed by atoms with Gasteiger partial charge in [-0.1, -0.05) is 0 Å². The molecule has 0 saturated carbocycles. The molecular weight excluding hydrogens is 315 g/mol.